The minimum atomic E-state index is -0.446. The maximum absolute atomic E-state index is 9.46. The van der Waals surface area contributed by atoms with Crippen molar-refractivity contribution in [2.24, 2.45) is 0 Å². The van der Waals surface area contributed by atoms with E-state index >= 15 is 0 Å². The van der Waals surface area contributed by atoms with Gasteiger partial charge in [0.2, 0.25) is 0 Å². The number of benzene rings is 1. The van der Waals surface area contributed by atoms with Gasteiger partial charge in [0, 0.05) is 0 Å². The molecule has 3 atom stereocenters. The lowest BCUT2D eigenvalue weighted by Crippen LogP contribution is -2.27. The molecule has 1 saturated heterocycles. The lowest BCUT2D eigenvalue weighted by Gasteiger charge is -2.09. The van der Waals surface area contributed by atoms with E-state index in [2.05, 4.69) is 0 Å². The van der Waals surface area contributed by atoms with Crippen LogP contribution in [0.3, 0.4) is 0 Å². The molecule has 0 unspecified atom stereocenters. The highest BCUT2D eigenvalue weighted by Crippen LogP contribution is 2.39. The minimum absolute atomic E-state index is 0.0243. The Labute approximate surface area is 96.0 Å². The van der Waals surface area contributed by atoms with Crippen molar-refractivity contribution < 1.29 is 14.6 Å². The van der Waals surface area contributed by atoms with Gasteiger partial charge >= 0.3 is 0 Å². The fraction of sp³-hybridized carbons (Fsp3) is 0.538. The van der Waals surface area contributed by atoms with E-state index in [9.17, 15) is 5.11 Å². The Morgan fingerprint density at radius 2 is 2.12 bits per heavy atom. The van der Waals surface area contributed by atoms with E-state index in [-0.39, 0.29) is 6.10 Å². The monoisotopic (exact) mass is 222 g/mol. The molecule has 3 nitrogen and oxygen atoms in total. The molecule has 88 valence electrons. The molecule has 0 amide bonds. The van der Waals surface area contributed by atoms with Crippen molar-refractivity contribution in [1.82, 2.24) is 0 Å². The molecular formula is C13H18O3. The number of rotatable bonds is 5. The van der Waals surface area contributed by atoms with E-state index in [0.29, 0.717) is 13.2 Å². The smallest absolute Gasteiger partial charge is 0.120 e. The number of ether oxygens (including phenoxy) is 2. The third-order valence-electron chi connectivity index (χ3n) is 3.19. The molecule has 1 heterocycles. The Bertz CT molecular complexity index is 336. The lowest BCUT2D eigenvalue weighted by molar-refractivity contribution is 0.100. The van der Waals surface area contributed by atoms with Crippen LogP contribution in [0.4, 0.5) is 0 Å². The van der Waals surface area contributed by atoms with Crippen molar-refractivity contribution >= 4 is 0 Å². The van der Waals surface area contributed by atoms with Gasteiger partial charge in [0.15, 0.2) is 0 Å². The molecule has 3 heteroatoms. The fourth-order valence-electron chi connectivity index (χ4n) is 1.70. The molecule has 0 saturated carbocycles. The number of aliphatic hydroxyl groups is 1. The van der Waals surface area contributed by atoms with Crippen LogP contribution in [0.2, 0.25) is 0 Å². The first kappa shape index (κ1) is 11.6. The largest absolute Gasteiger partial charge is 0.390 e. The summed E-state index contributed by atoms with van der Waals surface area (Å²) in [7, 11) is 0. The number of hydrogen-bond donors (Lipinski definition) is 1. The molecule has 0 spiro atoms. The van der Waals surface area contributed by atoms with Gasteiger partial charge < -0.3 is 14.6 Å². The van der Waals surface area contributed by atoms with E-state index in [4.69, 9.17) is 9.47 Å². The molecule has 1 aromatic rings. The fourth-order valence-corrected chi connectivity index (χ4v) is 1.70. The first-order valence-electron chi connectivity index (χ1n) is 5.60. The van der Waals surface area contributed by atoms with Gasteiger partial charge in [0.1, 0.15) is 11.7 Å². The third-order valence-corrected chi connectivity index (χ3v) is 3.19. The molecular weight excluding hydrogens is 204 g/mol. The van der Waals surface area contributed by atoms with Crippen LogP contribution in [0.1, 0.15) is 19.4 Å². The SMILES string of the molecule is C[C@@H](O)[C@]1(C)O[C@H]1COCc1ccccc1. The van der Waals surface area contributed by atoms with Crippen molar-refractivity contribution in [3.8, 4) is 0 Å². The van der Waals surface area contributed by atoms with Crippen molar-refractivity contribution in [3.63, 3.8) is 0 Å². The Morgan fingerprint density at radius 1 is 1.44 bits per heavy atom. The van der Waals surface area contributed by atoms with Gasteiger partial charge in [-0.1, -0.05) is 30.3 Å². The predicted molar refractivity (Wildman–Crippen MR) is 61.1 cm³/mol. The molecule has 0 aliphatic carbocycles. The van der Waals surface area contributed by atoms with Crippen LogP contribution in [-0.2, 0) is 16.1 Å². The number of hydrogen-bond acceptors (Lipinski definition) is 3. The molecule has 0 aromatic heterocycles. The highest BCUT2D eigenvalue weighted by molar-refractivity contribution is 5.13. The summed E-state index contributed by atoms with van der Waals surface area (Å²) in [6, 6.07) is 10.0. The van der Waals surface area contributed by atoms with Crippen molar-refractivity contribution in [2.45, 2.75) is 38.3 Å². The van der Waals surface area contributed by atoms with Crippen molar-refractivity contribution in [2.75, 3.05) is 6.61 Å². The highest BCUT2D eigenvalue weighted by Gasteiger charge is 2.55. The second kappa shape index (κ2) is 4.53. The maximum atomic E-state index is 9.46. The summed E-state index contributed by atoms with van der Waals surface area (Å²) in [5, 5.41) is 9.46. The predicted octanol–water partition coefficient (Wildman–Crippen LogP) is 1.74. The molecule has 16 heavy (non-hydrogen) atoms. The Hall–Kier alpha value is -0.900. The van der Waals surface area contributed by atoms with Crippen molar-refractivity contribution in [3.05, 3.63) is 35.9 Å². The van der Waals surface area contributed by atoms with Crippen LogP contribution in [-0.4, -0.2) is 29.5 Å². The van der Waals surface area contributed by atoms with Crippen molar-refractivity contribution in [1.29, 1.82) is 0 Å². The summed E-state index contributed by atoms with van der Waals surface area (Å²) in [4.78, 5) is 0. The van der Waals surface area contributed by atoms with Gasteiger partial charge in [-0.15, -0.1) is 0 Å². The minimum Gasteiger partial charge on any atom is -0.390 e. The van der Waals surface area contributed by atoms with E-state index in [1.165, 1.54) is 0 Å². The van der Waals surface area contributed by atoms with E-state index < -0.39 is 11.7 Å². The summed E-state index contributed by atoms with van der Waals surface area (Å²) in [6.45, 7) is 4.79. The average Bonchev–Trinajstić information content (AvgIpc) is 2.93. The van der Waals surface area contributed by atoms with Gasteiger partial charge in [-0.25, -0.2) is 0 Å². The Morgan fingerprint density at radius 3 is 2.69 bits per heavy atom. The zero-order valence-electron chi connectivity index (χ0n) is 9.72. The zero-order valence-corrected chi connectivity index (χ0v) is 9.72. The standard InChI is InChI=1S/C13H18O3/c1-10(14)13(2)12(16-13)9-15-8-11-6-4-3-5-7-11/h3-7,10,12,14H,8-9H2,1-2H3/t10-,12+,13+/m1/s1. The van der Waals surface area contributed by atoms with Gasteiger partial charge in [-0.05, 0) is 19.4 Å². The molecule has 1 fully saturated rings. The first-order chi connectivity index (χ1) is 7.63. The quantitative estimate of drug-likeness (QED) is 0.772. The topological polar surface area (TPSA) is 42.0 Å². The van der Waals surface area contributed by atoms with Crippen LogP contribution >= 0.6 is 0 Å². The molecule has 1 N–H and O–H groups in total. The summed E-state index contributed by atoms with van der Waals surface area (Å²) in [5.41, 5.74) is 0.748. The molecule has 1 aliphatic rings. The second-order valence-electron chi connectivity index (χ2n) is 4.47. The molecule has 1 aliphatic heterocycles. The number of epoxide rings is 1. The summed E-state index contributed by atoms with van der Waals surface area (Å²) in [6.07, 6.45) is -0.422. The Balaban J connectivity index is 1.71. The first-order valence-corrected chi connectivity index (χ1v) is 5.60. The summed E-state index contributed by atoms with van der Waals surface area (Å²) >= 11 is 0. The van der Waals surface area contributed by atoms with E-state index in [1.54, 1.807) is 6.92 Å². The molecule has 1 aromatic carbocycles. The summed E-state index contributed by atoms with van der Waals surface area (Å²) < 4.78 is 11.0. The lowest BCUT2D eigenvalue weighted by atomic mass is 10.0. The highest BCUT2D eigenvalue weighted by atomic mass is 16.6. The van der Waals surface area contributed by atoms with Gasteiger partial charge in [0.25, 0.3) is 0 Å². The summed E-state index contributed by atoms with van der Waals surface area (Å²) in [5.74, 6) is 0. The third kappa shape index (κ3) is 2.43. The Kier molecular flexibility index (Phi) is 3.28. The second-order valence-corrected chi connectivity index (χ2v) is 4.47. The molecule has 2 rings (SSSR count). The van der Waals surface area contributed by atoms with Crippen LogP contribution in [0.15, 0.2) is 30.3 Å². The van der Waals surface area contributed by atoms with Gasteiger partial charge in [-0.3, -0.25) is 0 Å². The van der Waals surface area contributed by atoms with E-state index in [1.807, 2.05) is 37.3 Å². The number of aliphatic hydroxyl groups excluding tert-OH is 1. The van der Waals surface area contributed by atoms with Gasteiger partial charge in [0.05, 0.1) is 19.3 Å². The van der Waals surface area contributed by atoms with Crippen LogP contribution in [0, 0.1) is 0 Å². The van der Waals surface area contributed by atoms with Crippen LogP contribution in [0.25, 0.3) is 0 Å². The van der Waals surface area contributed by atoms with Gasteiger partial charge in [-0.2, -0.15) is 0 Å². The molecule has 0 bridgehead atoms. The van der Waals surface area contributed by atoms with Crippen LogP contribution < -0.4 is 0 Å². The normalized spacial score (nSPS) is 30.1. The van der Waals surface area contributed by atoms with Crippen LogP contribution in [0.5, 0.6) is 0 Å². The van der Waals surface area contributed by atoms with E-state index in [0.717, 1.165) is 5.56 Å². The zero-order chi connectivity index (χ0) is 11.6. The maximum Gasteiger partial charge on any atom is 0.120 e. The average molecular weight is 222 g/mol. The molecule has 0 radical (unpaired) electrons.